The second-order valence-electron chi connectivity index (χ2n) is 6.01. The Morgan fingerprint density at radius 1 is 1.19 bits per heavy atom. The Bertz CT molecular complexity index is 1070. The van der Waals surface area contributed by atoms with Crippen molar-refractivity contribution in [2.24, 2.45) is 5.14 Å². The molecule has 0 aliphatic heterocycles. The summed E-state index contributed by atoms with van der Waals surface area (Å²) in [6.07, 6.45) is 0.571. The SMILES string of the molecule is Cc1c(C(=O)NCCc2ccc(S(N)(=O)=O)cc2)[nH]c2ccc(Cl)cc12. The first-order valence-corrected chi connectivity index (χ1v) is 9.86. The van der Waals surface area contributed by atoms with Crippen LogP contribution in [-0.4, -0.2) is 25.9 Å². The number of fused-ring (bicyclic) bond motifs is 1. The molecule has 0 unspecified atom stereocenters. The average molecular weight is 392 g/mol. The molecule has 0 saturated heterocycles. The highest BCUT2D eigenvalue weighted by Gasteiger charge is 2.14. The molecule has 1 amide bonds. The average Bonchev–Trinajstić information content (AvgIpc) is 2.91. The molecule has 1 heterocycles. The summed E-state index contributed by atoms with van der Waals surface area (Å²) < 4.78 is 22.5. The van der Waals surface area contributed by atoms with Crippen LogP contribution in [0.15, 0.2) is 47.4 Å². The summed E-state index contributed by atoms with van der Waals surface area (Å²) in [5.41, 5.74) is 3.11. The van der Waals surface area contributed by atoms with Crippen LogP contribution in [0.25, 0.3) is 10.9 Å². The first kappa shape index (κ1) is 18.4. The maximum Gasteiger partial charge on any atom is 0.268 e. The zero-order valence-corrected chi connectivity index (χ0v) is 15.6. The number of carbonyl (C=O) groups is 1. The van der Waals surface area contributed by atoms with E-state index in [0.717, 1.165) is 22.0 Å². The van der Waals surface area contributed by atoms with Gasteiger partial charge in [0, 0.05) is 22.5 Å². The molecule has 8 heteroatoms. The van der Waals surface area contributed by atoms with Crippen LogP contribution in [0.1, 0.15) is 21.6 Å². The summed E-state index contributed by atoms with van der Waals surface area (Å²) in [4.78, 5) is 15.6. The molecule has 2 aromatic carbocycles. The third kappa shape index (κ3) is 3.90. The van der Waals surface area contributed by atoms with Gasteiger partial charge in [-0.3, -0.25) is 4.79 Å². The van der Waals surface area contributed by atoms with E-state index in [1.807, 2.05) is 19.1 Å². The lowest BCUT2D eigenvalue weighted by Gasteiger charge is -2.06. The minimum atomic E-state index is -3.69. The largest absolute Gasteiger partial charge is 0.350 e. The summed E-state index contributed by atoms with van der Waals surface area (Å²) >= 11 is 6.01. The van der Waals surface area contributed by atoms with Crippen LogP contribution < -0.4 is 10.5 Å². The van der Waals surface area contributed by atoms with Crippen molar-refractivity contribution >= 4 is 38.4 Å². The second-order valence-corrected chi connectivity index (χ2v) is 8.01. The van der Waals surface area contributed by atoms with Crippen molar-refractivity contribution in [3.63, 3.8) is 0 Å². The highest BCUT2D eigenvalue weighted by Crippen LogP contribution is 2.24. The lowest BCUT2D eigenvalue weighted by molar-refractivity contribution is 0.0949. The van der Waals surface area contributed by atoms with Crippen molar-refractivity contribution in [3.8, 4) is 0 Å². The summed E-state index contributed by atoms with van der Waals surface area (Å²) in [6, 6.07) is 11.7. The number of primary sulfonamides is 1. The third-order valence-electron chi connectivity index (χ3n) is 4.20. The smallest absolute Gasteiger partial charge is 0.268 e. The van der Waals surface area contributed by atoms with E-state index in [2.05, 4.69) is 10.3 Å². The van der Waals surface area contributed by atoms with Gasteiger partial charge >= 0.3 is 0 Å². The summed E-state index contributed by atoms with van der Waals surface area (Å²) in [6.45, 7) is 2.29. The number of halogens is 1. The number of H-pyrrole nitrogens is 1. The van der Waals surface area contributed by atoms with Gasteiger partial charge in [0.15, 0.2) is 0 Å². The molecule has 26 heavy (non-hydrogen) atoms. The maximum atomic E-state index is 12.4. The number of aryl methyl sites for hydroxylation is 1. The van der Waals surface area contributed by atoms with Gasteiger partial charge in [0.05, 0.1) is 4.90 Å². The van der Waals surface area contributed by atoms with Crippen LogP contribution in [-0.2, 0) is 16.4 Å². The van der Waals surface area contributed by atoms with Gasteiger partial charge in [-0.25, -0.2) is 13.6 Å². The van der Waals surface area contributed by atoms with E-state index < -0.39 is 10.0 Å². The number of hydrogen-bond donors (Lipinski definition) is 3. The number of benzene rings is 2. The molecule has 0 atom stereocenters. The van der Waals surface area contributed by atoms with Gasteiger partial charge in [0.25, 0.3) is 5.91 Å². The van der Waals surface area contributed by atoms with Crippen molar-refractivity contribution in [1.29, 1.82) is 0 Å². The fourth-order valence-electron chi connectivity index (χ4n) is 2.78. The molecule has 0 saturated carbocycles. The molecule has 6 nitrogen and oxygen atoms in total. The molecule has 3 rings (SSSR count). The highest BCUT2D eigenvalue weighted by molar-refractivity contribution is 7.89. The third-order valence-corrected chi connectivity index (χ3v) is 5.36. The topological polar surface area (TPSA) is 105 Å². The predicted octanol–water partition coefficient (Wildman–Crippen LogP) is 2.75. The fraction of sp³-hybridized carbons (Fsp3) is 0.167. The molecule has 136 valence electrons. The highest BCUT2D eigenvalue weighted by atomic mass is 35.5. The predicted molar refractivity (Wildman–Crippen MR) is 102 cm³/mol. The van der Waals surface area contributed by atoms with Gasteiger partial charge in [0.2, 0.25) is 10.0 Å². The lowest BCUT2D eigenvalue weighted by Crippen LogP contribution is -2.26. The van der Waals surface area contributed by atoms with Crippen LogP contribution in [0.5, 0.6) is 0 Å². The van der Waals surface area contributed by atoms with Gasteiger partial charge < -0.3 is 10.3 Å². The summed E-state index contributed by atoms with van der Waals surface area (Å²) in [5.74, 6) is -0.198. The minimum Gasteiger partial charge on any atom is -0.350 e. The monoisotopic (exact) mass is 391 g/mol. The van der Waals surface area contributed by atoms with Gasteiger partial charge in [-0.2, -0.15) is 0 Å². The van der Waals surface area contributed by atoms with E-state index in [9.17, 15) is 13.2 Å². The lowest BCUT2D eigenvalue weighted by atomic mass is 10.1. The van der Waals surface area contributed by atoms with E-state index in [1.54, 1.807) is 18.2 Å². The molecule has 1 aromatic heterocycles. The zero-order chi connectivity index (χ0) is 18.9. The minimum absolute atomic E-state index is 0.0673. The standard InChI is InChI=1S/C18H18ClN3O3S/c1-11-15-10-13(19)4-7-16(15)22-17(11)18(23)21-9-8-12-2-5-14(6-3-12)26(20,24)25/h2-7,10,22H,8-9H2,1H3,(H,21,23)(H2,20,24,25). The van der Waals surface area contributed by atoms with Crippen LogP contribution in [0.2, 0.25) is 5.02 Å². The summed E-state index contributed by atoms with van der Waals surface area (Å²) in [5, 5.41) is 9.47. The Labute approximate surface area is 156 Å². The van der Waals surface area contributed by atoms with Crippen LogP contribution >= 0.6 is 11.6 Å². The van der Waals surface area contributed by atoms with Gasteiger partial charge in [0.1, 0.15) is 5.69 Å². The van der Waals surface area contributed by atoms with Crippen LogP contribution in [0, 0.1) is 6.92 Å². The quantitative estimate of drug-likeness (QED) is 0.622. The van der Waals surface area contributed by atoms with Gasteiger partial charge in [-0.15, -0.1) is 0 Å². The number of rotatable bonds is 5. The number of amides is 1. The maximum absolute atomic E-state index is 12.4. The number of aromatic nitrogens is 1. The van der Waals surface area contributed by atoms with E-state index in [0.29, 0.717) is 23.7 Å². The number of aromatic amines is 1. The Balaban J connectivity index is 1.65. The van der Waals surface area contributed by atoms with Crippen molar-refractivity contribution in [1.82, 2.24) is 10.3 Å². The van der Waals surface area contributed by atoms with E-state index in [4.69, 9.17) is 16.7 Å². The Kier molecular flexibility index (Phi) is 5.04. The zero-order valence-electron chi connectivity index (χ0n) is 14.0. The number of sulfonamides is 1. The van der Waals surface area contributed by atoms with Crippen molar-refractivity contribution in [2.75, 3.05) is 6.54 Å². The fourth-order valence-corrected chi connectivity index (χ4v) is 3.47. The van der Waals surface area contributed by atoms with E-state index in [-0.39, 0.29) is 10.8 Å². The molecule has 0 bridgehead atoms. The first-order valence-electron chi connectivity index (χ1n) is 7.93. The number of hydrogen-bond acceptors (Lipinski definition) is 3. The second kappa shape index (κ2) is 7.11. The van der Waals surface area contributed by atoms with Gasteiger partial charge in [-0.05, 0) is 54.8 Å². The van der Waals surface area contributed by atoms with Crippen LogP contribution in [0.4, 0.5) is 0 Å². The molecular weight excluding hydrogens is 374 g/mol. The molecular formula is C18H18ClN3O3S. The Hall–Kier alpha value is -2.35. The van der Waals surface area contributed by atoms with E-state index >= 15 is 0 Å². The molecule has 0 aliphatic carbocycles. The van der Waals surface area contributed by atoms with Crippen molar-refractivity contribution < 1.29 is 13.2 Å². The molecule has 4 N–H and O–H groups in total. The number of nitrogens with one attached hydrogen (secondary N) is 2. The molecule has 0 fully saturated rings. The normalized spacial score (nSPS) is 11.7. The van der Waals surface area contributed by atoms with Crippen molar-refractivity contribution in [3.05, 3.63) is 64.3 Å². The van der Waals surface area contributed by atoms with Gasteiger partial charge in [-0.1, -0.05) is 23.7 Å². The number of carbonyl (C=O) groups excluding carboxylic acids is 1. The van der Waals surface area contributed by atoms with E-state index in [1.165, 1.54) is 12.1 Å². The Morgan fingerprint density at radius 3 is 2.54 bits per heavy atom. The number of nitrogens with two attached hydrogens (primary N) is 1. The molecule has 3 aromatic rings. The summed E-state index contributed by atoms with van der Waals surface area (Å²) in [7, 11) is -3.69. The Morgan fingerprint density at radius 2 is 1.88 bits per heavy atom. The van der Waals surface area contributed by atoms with Crippen molar-refractivity contribution in [2.45, 2.75) is 18.2 Å². The molecule has 0 spiro atoms. The molecule has 0 aliphatic rings. The molecule has 0 radical (unpaired) electrons. The van der Waals surface area contributed by atoms with Crippen LogP contribution in [0.3, 0.4) is 0 Å². The first-order chi connectivity index (χ1) is 12.3.